The molecule has 43 heteroatoms. The van der Waals surface area contributed by atoms with Crippen molar-refractivity contribution in [3.05, 3.63) is 418 Å². The van der Waals surface area contributed by atoms with E-state index < -0.39 is 82.7 Å². The van der Waals surface area contributed by atoms with Crippen molar-refractivity contribution in [1.82, 2.24) is 127 Å². The number of anilines is 1. The zero-order chi connectivity index (χ0) is 106. The van der Waals surface area contributed by atoms with E-state index >= 15 is 0 Å². The highest BCUT2D eigenvalue weighted by molar-refractivity contribution is 6.31. The van der Waals surface area contributed by atoms with Gasteiger partial charge in [0.05, 0.1) is 96.4 Å². The standard InChI is InChI=1S/C19H19FN4O2.C18H17ClN4O2.2C18H17FN4O2.C17H15ClN4O.C16H15FN6O2/c1-19(2,26)17(13-4-3-5-14(20)10-13)22-18(25)16-11-15(23-24-16)12-6-8-21-9-7-12;19-14-3-1-2-12(8-14)9-15(11-24)21-18(25)17-10-16(22-23-17)13-4-6-20-7-5-13;1-23-17(12-5-7-20-8-6-12)10-15(22-23)18(25)21-16(11-24)13-3-2-4-14(19)9-13;1-23-17(10-15(22-23)12-5-7-20-8-6-12)18(25)21-16(11-24)13-3-2-4-14(19)9-13;18-14-3-1-2-12(10-14)4-9-20-17(23)16-11-15(21-22-16)13-5-7-19-8-6-13;17-10-3-1-2-9(6-10)14(8-24)20-15(25)13-7-12(22-23-13)11-4-5-19-16(18)21-11/h3-11,17,26H,1-2H3,(H,22,25)(H,23,24);1-8,10,15,24H,9,11H2,(H,21,25)(H,22,23);2*2-10,16,24H,11H2,1H3,(H,21,25);1-3,5-8,10-11H,4,9H2,(H,20,23)(H,21,22);1-7,14,24H,8H2,(H,20,25)(H,22,23)(H2,18,19,21)/t;;;;;14-/m.....1/s1. The molecule has 0 aliphatic carbocycles. The number of aliphatic hydroxyl groups is 5. The SMILES string of the molecule is CC(C)(O)C(NC(=O)c1cc(-c2ccncc2)n[nH]1)c1cccc(F)c1.Cn1nc(-c2ccncc2)cc1C(=O)NC(CO)c1cccc(F)c1.Cn1nc(C(=O)NC(CO)c2cccc(F)c2)cc1-c1ccncc1.Nc1nccc(-c2cc(C(=O)N[C@H](CO)c3cccc(F)c3)[nH]n2)n1.O=C(NC(CO)Cc1cccc(Cl)c1)c1cc(-c2ccncc2)n[nH]1.O=C(NCCc1cccc(Cl)c1)c1cc(-c2ccncc2)n[nH]1. The van der Waals surface area contributed by atoms with Gasteiger partial charge in [0, 0.05) is 127 Å². The predicted octanol–water partition coefficient (Wildman–Crippen LogP) is 13.6. The van der Waals surface area contributed by atoms with Gasteiger partial charge >= 0.3 is 0 Å². The van der Waals surface area contributed by atoms with Gasteiger partial charge in [-0.25, -0.2) is 27.5 Å². The number of nitrogens with zero attached hydrogens (tertiary/aromatic N) is 15. The number of aromatic nitrogens is 19. The Morgan fingerprint density at radius 2 is 0.765 bits per heavy atom. The van der Waals surface area contributed by atoms with Crippen molar-refractivity contribution in [2.24, 2.45) is 14.1 Å². The highest BCUT2D eigenvalue weighted by Gasteiger charge is 2.32. The van der Waals surface area contributed by atoms with Gasteiger partial charge in [-0.2, -0.15) is 30.6 Å². The third-order valence-electron chi connectivity index (χ3n) is 22.2. The zero-order valence-corrected chi connectivity index (χ0v) is 81.6. The number of amides is 6. The quantitative estimate of drug-likeness (QED) is 0.0179. The number of benzene rings is 6. The first kappa shape index (κ1) is 108. The molecule has 6 aromatic carbocycles. The van der Waals surface area contributed by atoms with E-state index in [4.69, 9.17) is 28.9 Å². The number of carbonyl (C=O) groups is 6. The van der Waals surface area contributed by atoms with E-state index in [1.807, 2.05) is 78.9 Å². The van der Waals surface area contributed by atoms with Gasteiger partial charge in [-0.15, -0.1) is 0 Å². The molecule has 0 bridgehead atoms. The minimum atomic E-state index is -1.29. The molecule has 0 aliphatic heterocycles. The van der Waals surface area contributed by atoms with Crippen LogP contribution in [-0.4, -0.2) is 201 Å². The highest BCUT2D eigenvalue weighted by atomic mass is 35.5. The van der Waals surface area contributed by atoms with Gasteiger partial charge in [0.25, 0.3) is 35.4 Å². The van der Waals surface area contributed by atoms with Crippen LogP contribution in [0.15, 0.2) is 317 Å². The van der Waals surface area contributed by atoms with Crippen molar-refractivity contribution in [3.8, 4) is 67.7 Å². The lowest BCUT2D eigenvalue weighted by Gasteiger charge is -2.30. The molecule has 18 aromatic rings. The summed E-state index contributed by atoms with van der Waals surface area (Å²) >= 11 is 11.9. The number of hydrogen-bond acceptors (Lipinski definition) is 25. The summed E-state index contributed by atoms with van der Waals surface area (Å²) in [6, 6.07) is 64.1. The fourth-order valence-electron chi connectivity index (χ4n) is 14.7. The number of nitrogens with two attached hydrogens (primary N) is 1. The van der Waals surface area contributed by atoms with Gasteiger partial charge in [-0.3, -0.25) is 83.4 Å². The molecule has 0 radical (unpaired) electrons. The van der Waals surface area contributed by atoms with Crippen LogP contribution in [0.4, 0.5) is 23.5 Å². The first-order valence-electron chi connectivity index (χ1n) is 45.8. The van der Waals surface area contributed by atoms with Crippen molar-refractivity contribution < 1.29 is 71.9 Å². The van der Waals surface area contributed by atoms with E-state index in [0.29, 0.717) is 96.5 Å². The molecule has 0 spiro atoms. The number of carbonyl (C=O) groups excluding carboxylic acids is 6. The van der Waals surface area contributed by atoms with Crippen LogP contribution in [0.5, 0.6) is 0 Å². The molecule has 37 nitrogen and oxygen atoms in total. The molecule has 18 rings (SSSR count). The first-order valence-corrected chi connectivity index (χ1v) is 46.6. The van der Waals surface area contributed by atoms with Crippen molar-refractivity contribution in [1.29, 1.82) is 0 Å². The Balaban J connectivity index is 0.000000149. The van der Waals surface area contributed by atoms with E-state index in [9.17, 15) is 71.9 Å². The maximum absolute atomic E-state index is 13.6. The van der Waals surface area contributed by atoms with Crippen molar-refractivity contribution in [2.45, 2.75) is 62.5 Å². The largest absolute Gasteiger partial charge is 0.394 e. The topological polar surface area (TPSA) is 542 Å². The second kappa shape index (κ2) is 53.1. The maximum Gasteiger partial charge on any atom is 0.272 e. The molecule has 12 aromatic heterocycles. The lowest BCUT2D eigenvalue weighted by molar-refractivity contribution is 0.0341. The summed E-state index contributed by atoms with van der Waals surface area (Å²) in [6.45, 7) is 2.39. The van der Waals surface area contributed by atoms with E-state index in [1.165, 1.54) is 89.7 Å². The summed E-state index contributed by atoms with van der Waals surface area (Å²) in [6.07, 6.45) is 19.3. The van der Waals surface area contributed by atoms with Gasteiger partial charge < -0.3 is 63.2 Å². The average Bonchev–Trinajstić information content (AvgIpc) is 1.12. The number of aryl methyl sites for hydroxylation is 2. The number of nitrogen functional groups attached to an aromatic ring is 1. The summed E-state index contributed by atoms with van der Waals surface area (Å²) < 4.78 is 56.6. The fraction of sp³-hybridized carbons (Fsp3) is 0.160. The summed E-state index contributed by atoms with van der Waals surface area (Å²) in [7, 11) is 3.40. The number of aromatic amines is 4. The minimum Gasteiger partial charge on any atom is -0.394 e. The Morgan fingerprint density at radius 3 is 1.20 bits per heavy atom. The van der Waals surface area contributed by atoms with Gasteiger partial charge in [-0.05, 0) is 236 Å². The number of nitrogens with one attached hydrogen (secondary N) is 10. The average molecular weight is 2060 g/mol. The smallest absolute Gasteiger partial charge is 0.272 e. The molecular weight excluding hydrogens is 1960 g/mol. The number of halogens is 6. The van der Waals surface area contributed by atoms with Crippen LogP contribution < -0.4 is 37.6 Å². The number of aliphatic hydroxyl groups excluding tert-OH is 4. The van der Waals surface area contributed by atoms with E-state index in [-0.39, 0.29) is 61.3 Å². The lowest BCUT2D eigenvalue weighted by atomic mass is 9.91. The normalized spacial score (nSPS) is 11.8. The third-order valence-corrected chi connectivity index (χ3v) is 22.7. The number of H-pyrrole nitrogens is 4. The monoisotopic (exact) mass is 2060 g/mol. The van der Waals surface area contributed by atoms with E-state index in [2.05, 4.69) is 118 Å². The van der Waals surface area contributed by atoms with Gasteiger partial charge in [-0.1, -0.05) is 96.0 Å². The lowest BCUT2D eigenvalue weighted by Crippen LogP contribution is -2.42. The molecule has 0 fully saturated rings. The van der Waals surface area contributed by atoms with Crippen LogP contribution in [-0.2, 0) is 26.9 Å². The Kier molecular flexibility index (Phi) is 38.6. The summed E-state index contributed by atoms with van der Waals surface area (Å²) in [5.74, 6) is -3.95. The Labute approximate surface area is 859 Å². The van der Waals surface area contributed by atoms with Crippen LogP contribution in [0.2, 0.25) is 10.0 Å². The predicted molar refractivity (Wildman–Crippen MR) is 547 cm³/mol. The fourth-order valence-corrected chi connectivity index (χ4v) is 15.2. The molecule has 5 atom stereocenters. The summed E-state index contributed by atoms with van der Waals surface area (Å²) in [5, 5.41) is 102. The summed E-state index contributed by atoms with van der Waals surface area (Å²) in [4.78, 5) is 102. The minimum absolute atomic E-state index is 0.0953. The molecule has 0 aliphatic rings. The molecule has 4 unspecified atom stereocenters. The number of rotatable bonds is 31. The second-order valence-corrected chi connectivity index (χ2v) is 34.3. The van der Waals surface area contributed by atoms with Crippen LogP contribution >= 0.6 is 23.2 Å². The maximum atomic E-state index is 13.6. The molecule has 149 heavy (non-hydrogen) atoms. The molecule has 17 N–H and O–H groups in total. The van der Waals surface area contributed by atoms with Crippen LogP contribution in [0, 0.1) is 23.3 Å². The van der Waals surface area contributed by atoms with Gasteiger partial charge in [0.15, 0.2) is 5.69 Å². The Hall–Kier alpha value is -17.9. The first-order chi connectivity index (χ1) is 71.9. The van der Waals surface area contributed by atoms with Gasteiger partial charge in [0.1, 0.15) is 57.4 Å². The third kappa shape index (κ3) is 31.6. The van der Waals surface area contributed by atoms with Crippen molar-refractivity contribution >= 4 is 64.6 Å². The zero-order valence-electron chi connectivity index (χ0n) is 80.1. The highest BCUT2D eigenvalue weighted by Crippen LogP contribution is 2.30. The molecule has 762 valence electrons. The van der Waals surface area contributed by atoms with Crippen LogP contribution in [0.1, 0.15) is 134 Å². The number of hydrogen-bond donors (Lipinski definition) is 16. The van der Waals surface area contributed by atoms with Gasteiger partial charge in [0.2, 0.25) is 5.95 Å². The molecule has 6 amide bonds. The van der Waals surface area contributed by atoms with Crippen LogP contribution in [0.25, 0.3) is 67.7 Å². The summed E-state index contributed by atoms with van der Waals surface area (Å²) in [5.41, 5.74) is 18.5. The van der Waals surface area contributed by atoms with E-state index in [0.717, 1.165) is 51.1 Å². The van der Waals surface area contributed by atoms with E-state index in [1.54, 1.807) is 186 Å². The Bertz CT molecular complexity index is 7480. The molecule has 12 heterocycles. The molecular formula is C106H100Cl2F4N26O11. The van der Waals surface area contributed by atoms with Crippen molar-refractivity contribution in [3.63, 3.8) is 0 Å². The van der Waals surface area contributed by atoms with Crippen LogP contribution in [0.3, 0.4) is 0 Å². The van der Waals surface area contributed by atoms with Crippen molar-refractivity contribution in [2.75, 3.05) is 38.7 Å². The molecule has 0 saturated carbocycles. The Morgan fingerprint density at radius 1 is 0.383 bits per heavy atom. The molecule has 0 saturated heterocycles. The second-order valence-electron chi connectivity index (χ2n) is 33.5. The number of pyridine rings is 5.